The second-order valence-corrected chi connectivity index (χ2v) is 5.24. The number of nitrogens with one attached hydrogen (secondary N) is 1. The van der Waals surface area contributed by atoms with Gasteiger partial charge in [-0.05, 0) is 31.9 Å². The van der Waals surface area contributed by atoms with Gasteiger partial charge >= 0.3 is 0 Å². The number of aromatic amines is 1. The normalized spacial score (nSPS) is 17.7. The Morgan fingerprint density at radius 1 is 1.50 bits per heavy atom. The summed E-state index contributed by atoms with van der Waals surface area (Å²) in [4.78, 5) is 28.5. The molecular formula is C14H15N5O3. The van der Waals surface area contributed by atoms with Gasteiger partial charge < -0.3 is 4.90 Å². The highest BCUT2D eigenvalue weighted by Crippen LogP contribution is 2.39. The van der Waals surface area contributed by atoms with Crippen LogP contribution in [0, 0.1) is 10.1 Å². The highest BCUT2D eigenvalue weighted by Gasteiger charge is 2.32. The molecular weight excluding hydrogens is 286 g/mol. The maximum absolute atomic E-state index is 11.4. The molecule has 0 radical (unpaired) electrons. The van der Waals surface area contributed by atoms with Crippen LogP contribution in [-0.4, -0.2) is 32.4 Å². The molecule has 2 heterocycles. The molecule has 1 atom stereocenters. The molecule has 1 aromatic heterocycles. The summed E-state index contributed by atoms with van der Waals surface area (Å²) in [5.74, 6) is 0.505. The number of rotatable bonds is 4. The molecule has 0 amide bonds. The molecule has 2 aromatic rings. The van der Waals surface area contributed by atoms with Gasteiger partial charge in [-0.3, -0.25) is 20.0 Å². The first-order valence-corrected chi connectivity index (χ1v) is 6.99. The van der Waals surface area contributed by atoms with Gasteiger partial charge in [0.1, 0.15) is 17.8 Å². The van der Waals surface area contributed by atoms with E-state index >= 15 is 0 Å². The van der Waals surface area contributed by atoms with Crippen LogP contribution in [-0.2, 0) is 0 Å². The molecule has 8 nitrogen and oxygen atoms in total. The van der Waals surface area contributed by atoms with Crippen LogP contribution in [0.25, 0.3) is 0 Å². The van der Waals surface area contributed by atoms with Crippen LogP contribution in [0.15, 0.2) is 24.5 Å². The largest absolute Gasteiger partial charge is 0.356 e. The molecule has 1 N–H and O–H groups in total. The number of ketones is 1. The minimum Gasteiger partial charge on any atom is -0.356 e. The van der Waals surface area contributed by atoms with E-state index in [1.165, 1.54) is 19.3 Å². The van der Waals surface area contributed by atoms with Gasteiger partial charge in [0.2, 0.25) is 0 Å². The summed E-state index contributed by atoms with van der Waals surface area (Å²) in [5, 5.41) is 18.1. The zero-order valence-corrected chi connectivity index (χ0v) is 12.0. The lowest BCUT2D eigenvalue weighted by Crippen LogP contribution is -2.24. The number of nitro groups is 1. The van der Waals surface area contributed by atoms with Crippen LogP contribution in [0.2, 0.25) is 0 Å². The summed E-state index contributed by atoms with van der Waals surface area (Å²) >= 11 is 0. The Balaban J connectivity index is 2.03. The van der Waals surface area contributed by atoms with E-state index in [2.05, 4.69) is 15.2 Å². The smallest absolute Gasteiger partial charge is 0.293 e. The lowest BCUT2D eigenvalue weighted by Gasteiger charge is -2.24. The fraction of sp³-hybridized carbons (Fsp3) is 0.357. The number of Topliss-reactive ketones (excluding diaryl/α,β-unsaturated/α-hetero) is 1. The first kappa shape index (κ1) is 14.2. The zero-order chi connectivity index (χ0) is 15.7. The van der Waals surface area contributed by atoms with E-state index in [1.54, 1.807) is 12.1 Å². The van der Waals surface area contributed by atoms with Crippen molar-refractivity contribution < 1.29 is 9.72 Å². The van der Waals surface area contributed by atoms with Crippen molar-refractivity contribution in [1.29, 1.82) is 0 Å². The number of benzene rings is 1. The Hall–Kier alpha value is -2.77. The monoisotopic (exact) mass is 301 g/mol. The predicted octanol–water partition coefficient (Wildman–Crippen LogP) is 2.26. The quantitative estimate of drug-likeness (QED) is 0.527. The molecule has 1 saturated heterocycles. The van der Waals surface area contributed by atoms with Crippen LogP contribution >= 0.6 is 0 Å². The van der Waals surface area contributed by atoms with Crippen molar-refractivity contribution in [2.45, 2.75) is 25.8 Å². The van der Waals surface area contributed by atoms with E-state index in [9.17, 15) is 14.9 Å². The molecule has 0 spiro atoms. The molecule has 1 aliphatic rings. The number of carbonyl (C=O) groups is 1. The SMILES string of the molecule is CC(=O)c1ccc(N2CCCC2c2ncn[nH]2)c([N+](=O)[O-])c1. The number of nitrogens with zero attached hydrogens (tertiary/aromatic N) is 4. The Morgan fingerprint density at radius 3 is 2.95 bits per heavy atom. The van der Waals surface area contributed by atoms with Crippen LogP contribution in [0.1, 0.15) is 42.0 Å². The molecule has 1 aliphatic heterocycles. The number of nitro benzene ring substituents is 1. The molecule has 1 aromatic carbocycles. The van der Waals surface area contributed by atoms with Crippen LogP contribution < -0.4 is 4.90 Å². The molecule has 114 valence electrons. The van der Waals surface area contributed by atoms with E-state index in [-0.39, 0.29) is 17.5 Å². The van der Waals surface area contributed by atoms with Crippen molar-refractivity contribution in [2.24, 2.45) is 0 Å². The van der Waals surface area contributed by atoms with E-state index in [1.807, 2.05) is 4.90 Å². The average molecular weight is 301 g/mol. The van der Waals surface area contributed by atoms with Crippen molar-refractivity contribution in [3.63, 3.8) is 0 Å². The van der Waals surface area contributed by atoms with Crippen molar-refractivity contribution in [1.82, 2.24) is 15.2 Å². The molecule has 1 unspecified atom stereocenters. The topological polar surface area (TPSA) is 105 Å². The summed E-state index contributed by atoms with van der Waals surface area (Å²) in [7, 11) is 0. The number of hydrogen-bond acceptors (Lipinski definition) is 6. The Morgan fingerprint density at radius 2 is 2.32 bits per heavy atom. The summed E-state index contributed by atoms with van der Waals surface area (Å²) in [6.07, 6.45) is 3.19. The summed E-state index contributed by atoms with van der Waals surface area (Å²) in [5.41, 5.74) is 0.791. The predicted molar refractivity (Wildman–Crippen MR) is 78.8 cm³/mol. The van der Waals surface area contributed by atoms with Crippen molar-refractivity contribution in [3.05, 3.63) is 46.0 Å². The highest BCUT2D eigenvalue weighted by atomic mass is 16.6. The highest BCUT2D eigenvalue weighted by molar-refractivity contribution is 5.95. The first-order chi connectivity index (χ1) is 10.6. The molecule has 0 saturated carbocycles. The second-order valence-electron chi connectivity index (χ2n) is 5.24. The van der Waals surface area contributed by atoms with E-state index in [0.717, 1.165) is 12.8 Å². The maximum Gasteiger partial charge on any atom is 0.293 e. The van der Waals surface area contributed by atoms with Crippen LogP contribution in [0.3, 0.4) is 0 Å². The number of hydrogen-bond donors (Lipinski definition) is 1. The summed E-state index contributed by atoms with van der Waals surface area (Å²) < 4.78 is 0. The van der Waals surface area contributed by atoms with Crippen LogP contribution in [0.4, 0.5) is 11.4 Å². The third kappa shape index (κ3) is 2.43. The lowest BCUT2D eigenvalue weighted by molar-refractivity contribution is -0.384. The van der Waals surface area contributed by atoms with Crippen LogP contribution in [0.5, 0.6) is 0 Å². The van der Waals surface area contributed by atoms with Gasteiger partial charge in [-0.15, -0.1) is 0 Å². The summed E-state index contributed by atoms with van der Waals surface area (Å²) in [6, 6.07) is 4.54. The van der Waals surface area contributed by atoms with Gasteiger partial charge in [0, 0.05) is 18.2 Å². The third-order valence-corrected chi connectivity index (χ3v) is 3.89. The molecule has 1 fully saturated rings. The van der Waals surface area contributed by atoms with Crippen molar-refractivity contribution >= 4 is 17.2 Å². The van der Waals surface area contributed by atoms with E-state index < -0.39 is 4.92 Å². The Labute approximate surface area is 126 Å². The van der Waals surface area contributed by atoms with Gasteiger partial charge in [0.05, 0.1) is 11.0 Å². The number of H-pyrrole nitrogens is 1. The second kappa shape index (κ2) is 5.55. The number of aromatic nitrogens is 3. The average Bonchev–Trinajstić information content (AvgIpc) is 3.17. The number of carbonyl (C=O) groups excluding carboxylic acids is 1. The van der Waals surface area contributed by atoms with Gasteiger partial charge in [0.15, 0.2) is 5.78 Å². The minimum atomic E-state index is -0.447. The zero-order valence-electron chi connectivity index (χ0n) is 12.0. The fourth-order valence-electron chi connectivity index (χ4n) is 2.85. The number of anilines is 1. The minimum absolute atomic E-state index is 0.0564. The Kier molecular flexibility index (Phi) is 3.58. The first-order valence-electron chi connectivity index (χ1n) is 6.99. The lowest BCUT2D eigenvalue weighted by atomic mass is 10.1. The maximum atomic E-state index is 11.4. The van der Waals surface area contributed by atoms with Crippen molar-refractivity contribution in [2.75, 3.05) is 11.4 Å². The molecule has 22 heavy (non-hydrogen) atoms. The summed E-state index contributed by atoms with van der Waals surface area (Å²) in [6.45, 7) is 2.09. The van der Waals surface area contributed by atoms with Gasteiger partial charge in [-0.2, -0.15) is 5.10 Å². The van der Waals surface area contributed by atoms with Gasteiger partial charge in [-0.1, -0.05) is 0 Å². The van der Waals surface area contributed by atoms with Crippen molar-refractivity contribution in [3.8, 4) is 0 Å². The van der Waals surface area contributed by atoms with Gasteiger partial charge in [-0.25, -0.2) is 4.98 Å². The van der Waals surface area contributed by atoms with E-state index in [4.69, 9.17) is 0 Å². The Bertz CT molecular complexity index is 713. The molecule has 0 aliphatic carbocycles. The molecule has 0 bridgehead atoms. The van der Waals surface area contributed by atoms with Gasteiger partial charge in [0.25, 0.3) is 5.69 Å². The van der Waals surface area contributed by atoms with E-state index in [0.29, 0.717) is 23.6 Å². The molecule has 3 rings (SSSR count). The molecule has 8 heteroatoms. The fourth-order valence-corrected chi connectivity index (χ4v) is 2.85. The third-order valence-electron chi connectivity index (χ3n) is 3.89. The standard InChI is InChI=1S/C14H15N5O3/c1-9(20)10-4-5-11(13(7-10)19(21)22)18-6-2-3-12(18)14-15-8-16-17-14/h4-5,7-8,12H,2-3,6H2,1H3,(H,15,16,17).